The molecule has 4 nitrogen and oxygen atoms in total. The van der Waals surface area contributed by atoms with Crippen LogP contribution in [-0.4, -0.2) is 29.7 Å². The number of nitrogens with one attached hydrogen (secondary N) is 2. The quantitative estimate of drug-likeness (QED) is 0.771. The van der Waals surface area contributed by atoms with Gasteiger partial charge in [-0.05, 0) is 24.5 Å². The van der Waals surface area contributed by atoms with Crippen molar-refractivity contribution >= 4 is 11.6 Å². The summed E-state index contributed by atoms with van der Waals surface area (Å²) in [6.45, 7) is 4.83. The Kier molecular flexibility index (Phi) is 3.21. The van der Waals surface area contributed by atoms with E-state index in [4.69, 9.17) is 0 Å². The van der Waals surface area contributed by atoms with Crippen molar-refractivity contribution in [3.05, 3.63) is 29.8 Å². The molecule has 1 aromatic carbocycles. The molecule has 1 aliphatic carbocycles. The molecule has 1 saturated carbocycles. The highest BCUT2D eigenvalue weighted by Crippen LogP contribution is 2.41. The van der Waals surface area contributed by atoms with Gasteiger partial charge in [-0.3, -0.25) is 4.79 Å². The summed E-state index contributed by atoms with van der Waals surface area (Å²) in [5.74, 6) is 0.00455. The molecule has 0 radical (unpaired) electrons. The van der Waals surface area contributed by atoms with Crippen LogP contribution >= 0.6 is 0 Å². The largest absolute Gasteiger partial charge is 0.392 e. The van der Waals surface area contributed by atoms with Crippen molar-refractivity contribution in [3.63, 3.8) is 0 Å². The van der Waals surface area contributed by atoms with Crippen LogP contribution in [0, 0.1) is 5.41 Å². The number of amides is 1. The van der Waals surface area contributed by atoms with E-state index in [1.165, 1.54) is 0 Å². The molecule has 0 aromatic heterocycles. The molecule has 20 heavy (non-hydrogen) atoms. The van der Waals surface area contributed by atoms with E-state index in [9.17, 15) is 9.90 Å². The van der Waals surface area contributed by atoms with Gasteiger partial charge in [-0.2, -0.15) is 0 Å². The zero-order valence-corrected chi connectivity index (χ0v) is 12.0. The van der Waals surface area contributed by atoms with Crippen LogP contribution in [0.4, 0.5) is 5.69 Å². The molecule has 1 aliphatic heterocycles. The van der Waals surface area contributed by atoms with E-state index in [-0.39, 0.29) is 29.4 Å². The Morgan fingerprint density at radius 3 is 2.85 bits per heavy atom. The van der Waals surface area contributed by atoms with Gasteiger partial charge in [0.05, 0.1) is 12.0 Å². The van der Waals surface area contributed by atoms with Crippen LogP contribution in [0.3, 0.4) is 0 Å². The molecule has 108 valence electrons. The molecule has 4 heteroatoms. The number of aliphatic hydroxyl groups is 1. The first kappa shape index (κ1) is 13.4. The van der Waals surface area contributed by atoms with E-state index >= 15 is 0 Å². The van der Waals surface area contributed by atoms with Crippen LogP contribution in [0.25, 0.3) is 0 Å². The van der Waals surface area contributed by atoms with Crippen LogP contribution in [0.5, 0.6) is 0 Å². The Morgan fingerprint density at radius 1 is 1.40 bits per heavy atom. The molecular weight excluding hydrogens is 252 g/mol. The highest BCUT2D eigenvalue weighted by atomic mass is 16.3. The molecule has 1 fully saturated rings. The van der Waals surface area contributed by atoms with Crippen molar-refractivity contribution in [1.29, 1.82) is 0 Å². The highest BCUT2D eigenvalue weighted by molar-refractivity contribution is 5.86. The normalized spacial score (nSPS) is 30.6. The summed E-state index contributed by atoms with van der Waals surface area (Å²) in [6, 6.07) is 8.07. The van der Waals surface area contributed by atoms with Gasteiger partial charge in [-0.25, -0.2) is 0 Å². The predicted molar refractivity (Wildman–Crippen MR) is 78.6 cm³/mol. The van der Waals surface area contributed by atoms with Gasteiger partial charge in [-0.1, -0.05) is 32.0 Å². The fourth-order valence-corrected chi connectivity index (χ4v) is 3.16. The molecule has 0 bridgehead atoms. The second-order valence-corrected chi connectivity index (χ2v) is 6.49. The number of anilines is 1. The van der Waals surface area contributed by atoms with Gasteiger partial charge in [0, 0.05) is 23.7 Å². The van der Waals surface area contributed by atoms with E-state index in [1.807, 2.05) is 38.1 Å². The third-order valence-corrected chi connectivity index (χ3v) is 4.93. The summed E-state index contributed by atoms with van der Waals surface area (Å²) >= 11 is 0. The number of carbonyl (C=O) groups is 1. The number of rotatable bonds is 2. The Balaban J connectivity index is 1.73. The molecule has 2 aliphatic rings. The van der Waals surface area contributed by atoms with E-state index in [0.29, 0.717) is 6.42 Å². The smallest absolute Gasteiger partial charge is 0.227 e. The summed E-state index contributed by atoms with van der Waals surface area (Å²) < 4.78 is 0. The van der Waals surface area contributed by atoms with Crippen LogP contribution in [0.15, 0.2) is 24.3 Å². The van der Waals surface area contributed by atoms with Gasteiger partial charge in [0.25, 0.3) is 0 Å². The maximum Gasteiger partial charge on any atom is 0.227 e. The molecule has 3 atom stereocenters. The lowest BCUT2D eigenvalue weighted by Gasteiger charge is -2.49. The number of aliphatic hydroxyl groups excluding tert-OH is 1. The first-order valence-corrected chi connectivity index (χ1v) is 7.31. The maximum atomic E-state index is 12.5. The molecular formula is C16H22N2O2. The standard InChI is InChI=1S/C16H22N2O2/c1-16(2)13(9-14(16)19)18-15(20)11-7-8-17-12-6-4-3-5-10(11)12/h3-6,11,13-14,17,19H,7-9H2,1-2H3,(H,18,20). The minimum atomic E-state index is -0.312. The molecule has 0 saturated heterocycles. The Hall–Kier alpha value is -1.55. The second-order valence-electron chi connectivity index (χ2n) is 6.49. The van der Waals surface area contributed by atoms with Crippen LogP contribution in [-0.2, 0) is 4.79 Å². The first-order valence-electron chi connectivity index (χ1n) is 7.31. The molecule has 1 amide bonds. The van der Waals surface area contributed by atoms with Gasteiger partial charge in [0.15, 0.2) is 0 Å². The summed E-state index contributed by atoms with van der Waals surface area (Å²) in [5, 5.41) is 16.2. The van der Waals surface area contributed by atoms with E-state index in [0.717, 1.165) is 24.2 Å². The zero-order valence-electron chi connectivity index (χ0n) is 12.0. The number of hydrogen-bond acceptors (Lipinski definition) is 3. The Bertz CT molecular complexity index is 527. The van der Waals surface area contributed by atoms with Crippen molar-refractivity contribution in [3.8, 4) is 0 Å². The van der Waals surface area contributed by atoms with Crippen molar-refractivity contribution in [1.82, 2.24) is 5.32 Å². The third-order valence-electron chi connectivity index (χ3n) is 4.93. The maximum absolute atomic E-state index is 12.5. The summed E-state index contributed by atoms with van der Waals surface area (Å²) in [7, 11) is 0. The molecule has 0 spiro atoms. The van der Waals surface area contributed by atoms with E-state index < -0.39 is 0 Å². The lowest BCUT2D eigenvalue weighted by molar-refractivity contribution is -0.130. The average molecular weight is 274 g/mol. The van der Waals surface area contributed by atoms with Gasteiger partial charge in [-0.15, -0.1) is 0 Å². The number of benzene rings is 1. The average Bonchev–Trinajstić information content (AvgIpc) is 2.46. The third kappa shape index (κ3) is 2.08. The van der Waals surface area contributed by atoms with Crippen LogP contribution in [0.1, 0.15) is 38.2 Å². The summed E-state index contributed by atoms with van der Waals surface area (Å²) in [6.07, 6.45) is 1.16. The van der Waals surface area contributed by atoms with Crippen LogP contribution < -0.4 is 10.6 Å². The number of fused-ring (bicyclic) bond motifs is 1. The van der Waals surface area contributed by atoms with Gasteiger partial charge < -0.3 is 15.7 Å². The van der Waals surface area contributed by atoms with E-state index in [2.05, 4.69) is 10.6 Å². The lowest BCUT2D eigenvalue weighted by atomic mass is 9.64. The van der Waals surface area contributed by atoms with Crippen molar-refractivity contribution in [2.24, 2.45) is 5.41 Å². The summed E-state index contributed by atoms with van der Waals surface area (Å²) in [4.78, 5) is 12.5. The minimum Gasteiger partial charge on any atom is -0.392 e. The molecule has 1 aromatic rings. The lowest BCUT2D eigenvalue weighted by Crippen LogP contribution is -2.61. The minimum absolute atomic E-state index is 0.0760. The first-order chi connectivity index (χ1) is 9.50. The van der Waals surface area contributed by atoms with Crippen molar-refractivity contribution in [2.45, 2.75) is 44.8 Å². The van der Waals surface area contributed by atoms with Gasteiger partial charge in [0.2, 0.25) is 5.91 Å². The number of para-hydroxylation sites is 1. The van der Waals surface area contributed by atoms with Gasteiger partial charge >= 0.3 is 0 Å². The fraction of sp³-hybridized carbons (Fsp3) is 0.562. The van der Waals surface area contributed by atoms with Crippen molar-refractivity contribution < 1.29 is 9.90 Å². The number of carbonyl (C=O) groups excluding carboxylic acids is 1. The fourth-order valence-electron chi connectivity index (χ4n) is 3.16. The zero-order chi connectivity index (χ0) is 14.3. The highest BCUT2D eigenvalue weighted by Gasteiger charge is 2.48. The predicted octanol–water partition coefficient (Wildman–Crippen LogP) is 1.86. The molecule has 3 unspecified atom stereocenters. The summed E-state index contributed by atoms with van der Waals surface area (Å²) in [5.41, 5.74) is 1.92. The SMILES string of the molecule is CC1(C)C(O)CC1NC(=O)C1CCNc2ccccc21. The monoisotopic (exact) mass is 274 g/mol. The van der Waals surface area contributed by atoms with Crippen LogP contribution in [0.2, 0.25) is 0 Å². The van der Waals surface area contributed by atoms with Crippen molar-refractivity contribution in [2.75, 3.05) is 11.9 Å². The van der Waals surface area contributed by atoms with Gasteiger partial charge in [0.1, 0.15) is 0 Å². The van der Waals surface area contributed by atoms with E-state index in [1.54, 1.807) is 0 Å². The number of hydrogen-bond donors (Lipinski definition) is 3. The molecule has 3 N–H and O–H groups in total. The Labute approximate surface area is 119 Å². The molecule has 1 heterocycles. The Morgan fingerprint density at radius 2 is 2.15 bits per heavy atom. The topological polar surface area (TPSA) is 61.4 Å². The molecule has 3 rings (SSSR count). The second kappa shape index (κ2) is 4.77.